The van der Waals surface area contributed by atoms with Crippen LogP contribution < -0.4 is 0 Å². The first-order valence-electron chi connectivity index (χ1n) is 10.4. The number of hydrogen-bond donors (Lipinski definition) is 0. The van der Waals surface area contributed by atoms with Gasteiger partial charge in [0, 0.05) is 23.6 Å². The average molecular weight is 489 g/mol. The van der Waals surface area contributed by atoms with Gasteiger partial charge < -0.3 is 4.90 Å². The van der Waals surface area contributed by atoms with Gasteiger partial charge in [0.2, 0.25) is 11.9 Å². The molecule has 2 aromatic carbocycles. The fourth-order valence-corrected chi connectivity index (χ4v) is 4.70. The zero-order valence-electron chi connectivity index (χ0n) is 17.3. The Balaban J connectivity index is 1.48. The van der Waals surface area contributed by atoms with E-state index in [0.717, 1.165) is 35.5 Å². The molecule has 0 bridgehead atoms. The Morgan fingerprint density at radius 3 is 2.41 bits per heavy atom. The van der Waals surface area contributed by atoms with E-state index in [0.29, 0.717) is 34.0 Å². The summed E-state index contributed by atoms with van der Waals surface area (Å²) >= 11 is 18.3. The molecule has 0 spiro atoms. The third-order valence-corrected chi connectivity index (χ3v) is 6.88. The van der Waals surface area contributed by atoms with Gasteiger partial charge in [0.05, 0.1) is 40.1 Å². The van der Waals surface area contributed by atoms with Crippen LogP contribution in [-0.4, -0.2) is 58.4 Å². The highest BCUT2D eigenvalue weighted by atomic mass is 35.5. The topological polar surface area (TPSA) is 60.6 Å². The monoisotopic (exact) mass is 487 g/mol. The number of guanidine groups is 1. The molecule has 2 unspecified atom stereocenters. The van der Waals surface area contributed by atoms with Gasteiger partial charge in [-0.1, -0.05) is 53.0 Å². The van der Waals surface area contributed by atoms with Crippen molar-refractivity contribution in [3.63, 3.8) is 0 Å². The number of nitrogens with zero attached hydrogens (tertiary/aromatic N) is 5. The van der Waals surface area contributed by atoms with Crippen molar-refractivity contribution in [1.29, 1.82) is 0 Å². The van der Waals surface area contributed by atoms with E-state index in [4.69, 9.17) is 49.9 Å². The molecule has 2 atom stereocenters. The zero-order valence-corrected chi connectivity index (χ0v) is 19.6. The summed E-state index contributed by atoms with van der Waals surface area (Å²) in [5.41, 5.74) is 3.44. The smallest absolute Gasteiger partial charge is 0.242 e. The zero-order chi connectivity index (χ0) is 22.4. The molecular formula is C23H20Cl3N5O. The predicted octanol–water partition coefficient (Wildman–Crippen LogP) is 4.90. The molecule has 2 aromatic rings. The Morgan fingerprint density at radius 2 is 1.72 bits per heavy atom. The highest BCUT2D eigenvalue weighted by Gasteiger charge is 2.39. The van der Waals surface area contributed by atoms with Gasteiger partial charge in [-0.15, -0.1) is 0 Å². The van der Waals surface area contributed by atoms with Gasteiger partial charge >= 0.3 is 0 Å². The van der Waals surface area contributed by atoms with Crippen LogP contribution in [0.25, 0.3) is 0 Å². The normalized spacial score (nSPS) is 23.0. The van der Waals surface area contributed by atoms with Crippen molar-refractivity contribution in [3.8, 4) is 0 Å². The molecule has 32 heavy (non-hydrogen) atoms. The molecule has 1 saturated heterocycles. The Bertz CT molecular complexity index is 1170. The third-order valence-electron chi connectivity index (χ3n) is 5.89. The van der Waals surface area contributed by atoms with Gasteiger partial charge in [-0.05, 0) is 43.2 Å². The number of likely N-dealkylation sites (tertiary alicyclic amines) is 1. The lowest BCUT2D eigenvalue weighted by molar-refractivity contribution is -0.128. The van der Waals surface area contributed by atoms with E-state index in [-0.39, 0.29) is 18.0 Å². The third kappa shape index (κ3) is 3.91. The Labute approximate surface area is 201 Å². The number of benzene rings is 2. The molecule has 1 fully saturated rings. The van der Waals surface area contributed by atoms with Crippen LogP contribution >= 0.6 is 34.8 Å². The quantitative estimate of drug-likeness (QED) is 0.617. The van der Waals surface area contributed by atoms with Gasteiger partial charge in [-0.25, -0.2) is 15.0 Å². The molecular weight excluding hydrogens is 469 g/mol. The first-order valence-corrected chi connectivity index (χ1v) is 11.6. The molecule has 0 saturated carbocycles. The Hall–Kier alpha value is -2.41. The molecule has 1 amide bonds. The molecule has 9 heteroatoms. The minimum Gasteiger partial charge on any atom is -0.332 e. The number of rotatable bonds is 3. The van der Waals surface area contributed by atoms with Crippen molar-refractivity contribution >= 4 is 58.1 Å². The van der Waals surface area contributed by atoms with Crippen LogP contribution in [0.5, 0.6) is 0 Å². The number of aliphatic imine (C=N–C) groups is 2. The van der Waals surface area contributed by atoms with Gasteiger partial charge in [0.1, 0.15) is 0 Å². The average Bonchev–Trinajstić information content (AvgIpc) is 3.48. The summed E-state index contributed by atoms with van der Waals surface area (Å²) in [6.07, 6.45) is 1.43. The highest BCUT2D eigenvalue weighted by Crippen LogP contribution is 2.28. The lowest BCUT2D eigenvalue weighted by Gasteiger charge is -2.25. The van der Waals surface area contributed by atoms with E-state index in [1.807, 2.05) is 42.2 Å². The van der Waals surface area contributed by atoms with Gasteiger partial charge in [-0.2, -0.15) is 5.10 Å². The van der Waals surface area contributed by atoms with Crippen molar-refractivity contribution in [2.45, 2.75) is 31.8 Å². The second-order valence-corrected chi connectivity index (χ2v) is 9.26. The van der Waals surface area contributed by atoms with E-state index >= 15 is 0 Å². The Kier molecular flexibility index (Phi) is 5.70. The minimum absolute atomic E-state index is 0.149. The van der Waals surface area contributed by atoms with Crippen LogP contribution in [-0.2, 0) is 4.79 Å². The first-order chi connectivity index (χ1) is 15.4. The Morgan fingerprint density at radius 1 is 0.969 bits per heavy atom. The first kappa shape index (κ1) is 21.4. The number of hydrazone groups is 1. The number of halogens is 3. The largest absolute Gasteiger partial charge is 0.332 e. The summed E-state index contributed by atoms with van der Waals surface area (Å²) in [5, 5.41) is 8.28. The molecule has 6 nitrogen and oxygen atoms in total. The van der Waals surface area contributed by atoms with Crippen LogP contribution in [0.2, 0.25) is 15.1 Å². The predicted molar refractivity (Wildman–Crippen MR) is 129 cm³/mol. The van der Waals surface area contributed by atoms with Crippen LogP contribution in [0.3, 0.4) is 0 Å². The molecule has 3 aliphatic heterocycles. The van der Waals surface area contributed by atoms with Gasteiger partial charge in [0.25, 0.3) is 0 Å². The van der Waals surface area contributed by atoms with Crippen molar-refractivity contribution in [2.24, 2.45) is 15.1 Å². The number of amides is 1. The van der Waals surface area contributed by atoms with E-state index < -0.39 is 0 Å². The van der Waals surface area contributed by atoms with E-state index in [9.17, 15) is 4.79 Å². The maximum atomic E-state index is 12.5. The van der Waals surface area contributed by atoms with Crippen molar-refractivity contribution in [1.82, 2.24) is 9.91 Å². The van der Waals surface area contributed by atoms with Crippen LogP contribution in [0.1, 0.15) is 30.9 Å². The fourth-order valence-electron chi connectivity index (χ4n) is 4.28. The molecule has 5 rings (SSSR count). The lowest BCUT2D eigenvalue weighted by Crippen LogP contribution is -2.44. The van der Waals surface area contributed by atoms with Crippen LogP contribution in [0, 0.1) is 0 Å². The number of carbonyl (C=O) groups excluding carboxylic acids is 1. The summed E-state index contributed by atoms with van der Waals surface area (Å²) in [5.74, 6) is 0.680. The summed E-state index contributed by atoms with van der Waals surface area (Å²) < 4.78 is 0. The fraction of sp³-hybridized carbons (Fsp3) is 0.304. The summed E-state index contributed by atoms with van der Waals surface area (Å²) in [6.45, 7) is 3.22. The number of hydrogen-bond acceptors (Lipinski definition) is 5. The van der Waals surface area contributed by atoms with Crippen molar-refractivity contribution in [2.75, 3.05) is 13.1 Å². The van der Waals surface area contributed by atoms with Crippen molar-refractivity contribution in [3.05, 3.63) is 68.7 Å². The maximum Gasteiger partial charge on any atom is 0.242 e. The standard InChI is InChI=1S/C23H20Cl3N5O/c1-13-21(15-6-9-17(25)18(26)11-15)28-23(27-13)31-12-19(30-10-2-3-20(30)32)22(29-31)14-4-7-16(24)8-5-14/h4-9,11,13,19H,2-3,10,12H2,1H3. The minimum atomic E-state index is -0.159. The van der Waals surface area contributed by atoms with Crippen LogP contribution in [0.15, 0.2) is 57.6 Å². The summed E-state index contributed by atoms with van der Waals surface area (Å²) in [6, 6.07) is 12.7. The molecule has 164 valence electrons. The van der Waals surface area contributed by atoms with Gasteiger partial charge in [-0.3, -0.25) is 4.79 Å². The van der Waals surface area contributed by atoms with Crippen molar-refractivity contribution < 1.29 is 4.79 Å². The molecule has 0 aromatic heterocycles. The van der Waals surface area contributed by atoms with E-state index in [2.05, 4.69) is 0 Å². The molecule has 3 heterocycles. The van der Waals surface area contributed by atoms with E-state index in [1.165, 1.54) is 0 Å². The molecule has 0 radical (unpaired) electrons. The highest BCUT2D eigenvalue weighted by molar-refractivity contribution is 6.42. The van der Waals surface area contributed by atoms with Crippen LogP contribution in [0.4, 0.5) is 0 Å². The van der Waals surface area contributed by atoms with Gasteiger partial charge in [0.15, 0.2) is 0 Å². The summed E-state index contributed by atoms with van der Waals surface area (Å²) in [4.78, 5) is 23.9. The second-order valence-electron chi connectivity index (χ2n) is 8.01. The molecule has 3 aliphatic rings. The SMILES string of the molecule is CC1N=C(N2CC(N3CCCC3=O)C(c3ccc(Cl)cc3)=N2)N=C1c1ccc(Cl)c(Cl)c1. The van der Waals surface area contributed by atoms with E-state index in [1.54, 1.807) is 17.1 Å². The lowest BCUT2D eigenvalue weighted by atomic mass is 10.0. The second kappa shape index (κ2) is 8.50. The summed E-state index contributed by atoms with van der Waals surface area (Å²) in [7, 11) is 0. The maximum absolute atomic E-state index is 12.5. The molecule has 0 aliphatic carbocycles. The number of carbonyl (C=O) groups is 1. The molecule has 0 N–H and O–H groups in total.